The van der Waals surface area contributed by atoms with Crippen molar-refractivity contribution in [2.75, 3.05) is 18.1 Å². The van der Waals surface area contributed by atoms with Gasteiger partial charge in [0.15, 0.2) is 0 Å². The molecule has 0 aromatic carbocycles. The zero-order valence-corrected chi connectivity index (χ0v) is 11.9. The van der Waals surface area contributed by atoms with E-state index in [1.165, 1.54) is 38.3 Å². The van der Waals surface area contributed by atoms with Crippen molar-refractivity contribution < 1.29 is 4.92 Å². The van der Waals surface area contributed by atoms with Crippen LogP contribution in [0, 0.1) is 10.1 Å². The molecule has 0 bridgehead atoms. The van der Waals surface area contributed by atoms with Crippen LogP contribution in [0.15, 0.2) is 18.5 Å². The van der Waals surface area contributed by atoms with Gasteiger partial charge in [-0.2, -0.15) is 11.8 Å². The van der Waals surface area contributed by atoms with Gasteiger partial charge < -0.3 is 5.32 Å². The van der Waals surface area contributed by atoms with E-state index in [-0.39, 0.29) is 15.4 Å². The zero-order chi connectivity index (χ0) is 13.7. The van der Waals surface area contributed by atoms with Gasteiger partial charge in [-0.1, -0.05) is 19.3 Å². The van der Waals surface area contributed by atoms with Crippen molar-refractivity contribution in [2.24, 2.45) is 0 Å². The van der Waals surface area contributed by atoms with Crippen LogP contribution in [0.5, 0.6) is 0 Å². The number of nitrogens with one attached hydrogen (secondary N) is 1. The Morgan fingerprint density at radius 2 is 2.21 bits per heavy atom. The molecule has 104 valence electrons. The molecule has 1 aromatic heterocycles. The molecule has 1 aliphatic carbocycles. The van der Waals surface area contributed by atoms with Crippen molar-refractivity contribution in [3.05, 3.63) is 28.6 Å². The second-order valence-electron chi connectivity index (χ2n) is 4.95. The fraction of sp³-hybridized carbons (Fsp3) is 0.615. The first-order valence-electron chi connectivity index (χ1n) is 6.54. The Balaban J connectivity index is 2.07. The van der Waals surface area contributed by atoms with Crippen LogP contribution in [0.3, 0.4) is 0 Å². The van der Waals surface area contributed by atoms with Crippen LogP contribution in [0.1, 0.15) is 32.1 Å². The van der Waals surface area contributed by atoms with Crippen LogP contribution in [0.4, 0.5) is 11.4 Å². The molecular formula is C13H19N3O2S. The number of nitrogens with zero attached hydrogens (tertiary/aromatic N) is 2. The molecule has 0 radical (unpaired) electrons. The predicted octanol–water partition coefficient (Wildman–Crippen LogP) is 3.47. The van der Waals surface area contributed by atoms with Gasteiger partial charge in [0.1, 0.15) is 11.9 Å². The fourth-order valence-electron chi connectivity index (χ4n) is 2.59. The van der Waals surface area contributed by atoms with Gasteiger partial charge in [0.2, 0.25) is 0 Å². The summed E-state index contributed by atoms with van der Waals surface area (Å²) in [7, 11) is 0. The Morgan fingerprint density at radius 3 is 2.84 bits per heavy atom. The smallest absolute Gasteiger partial charge is 0.310 e. The second-order valence-corrected chi connectivity index (χ2v) is 6.23. The van der Waals surface area contributed by atoms with E-state index < -0.39 is 0 Å². The summed E-state index contributed by atoms with van der Waals surface area (Å²) in [6.45, 7) is 0.777. The molecule has 0 unspecified atom stereocenters. The number of pyridine rings is 1. The lowest BCUT2D eigenvalue weighted by molar-refractivity contribution is -0.384. The second kappa shape index (κ2) is 6.23. The number of hydrogen-bond donors (Lipinski definition) is 1. The van der Waals surface area contributed by atoms with Crippen LogP contribution in [0.25, 0.3) is 0 Å². The van der Waals surface area contributed by atoms with Crippen LogP contribution in [-0.2, 0) is 0 Å². The van der Waals surface area contributed by atoms with Gasteiger partial charge in [-0.25, -0.2) is 0 Å². The van der Waals surface area contributed by atoms with Crippen molar-refractivity contribution in [3.8, 4) is 0 Å². The van der Waals surface area contributed by atoms with E-state index in [9.17, 15) is 10.1 Å². The van der Waals surface area contributed by atoms with E-state index in [1.807, 2.05) is 11.8 Å². The molecule has 1 heterocycles. The minimum absolute atomic E-state index is 0.0505. The molecule has 19 heavy (non-hydrogen) atoms. The maximum absolute atomic E-state index is 10.9. The summed E-state index contributed by atoms with van der Waals surface area (Å²) >= 11 is 1.88. The van der Waals surface area contributed by atoms with Crippen LogP contribution < -0.4 is 5.32 Å². The fourth-order valence-corrected chi connectivity index (χ4v) is 3.50. The van der Waals surface area contributed by atoms with Crippen molar-refractivity contribution in [1.29, 1.82) is 0 Å². The molecule has 0 amide bonds. The maximum atomic E-state index is 10.9. The minimum Gasteiger partial charge on any atom is -0.378 e. The van der Waals surface area contributed by atoms with Crippen LogP contribution in [0.2, 0.25) is 0 Å². The quantitative estimate of drug-likeness (QED) is 0.661. The molecule has 0 saturated heterocycles. The molecule has 2 rings (SSSR count). The summed E-state index contributed by atoms with van der Waals surface area (Å²) in [5, 5.41) is 14.2. The lowest BCUT2D eigenvalue weighted by Gasteiger charge is -2.36. The standard InChI is InChI=1S/C13H19N3O2S/c1-19-13(6-3-2-4-7-13)10-15-11-5-8-14-9-12(11)16(17)18/h5,8-9H,2-4,6-7,10H2,1H3,(H,14,15). The minimum atomic E-state index is -0.387. The maximum Gasteiger partial charge on any atom is 0.310 e. The highest BCUT2D eigenvalue weighted by Gasteiger charge is 2.31. The number of anilines is 1. The van der Waals surface area contributed by atoms with Crippen molar-refractivity contribution in [1.82, 2.24) is 4.98 Å². The van der Waals surface area contributed by atoms with Gasteiger partial charge in [0.25, 0.3) is 0 Å². The van der Waals surface area contributed by atoms with E-state index in [0.717, 1.165) is 6.54 Å². The SMILES string of the molecule is CSC1(CNc2ccncc2[N+](=O)[O-])CCCCC1. The largest absolute Gasteiger partial charge is 0.378 e. The van der Waals surface area contributed by atoms with Crippen molar-refractivity contribution >= 4 is 23.1 Å². The third-order valence-electron chi connectivity index (χ3n) is 3.80. The van der Waals surface area contributed by atoms with Gasteiger partial charge >= 0.3 is 5.69 Å². The summed E-state index contributed by atoms with van der Waals surface area (Å²) < 4.78 is 0.218. The molecule has 6 heteroatoms. The first-order valence-corrected chi connectivity index (χ1v) is 7.77. The zero-order valence-electron chi connectivity index (χ0n) is 11.1. The van der Waals surface area contributed by atoms with Gasteiger partial charge in [-0.05, 0) is 25.2 Å². The molecule has 5 nitrogen and oxygen atoms in total. The van der Waals surface area contributed by atoms with Crippen LogP contribution >= 0.6 is 11.8 Å². The molecule has 1 N–H and O–H groups in total. The summed E-state index contributed by atoms with van der Waals surface area (Å²) in [5.41, 5.74) is 0.619. The van der Waals surface area contributed by atoms with Gasteiger partial charge in [-0.3, -0.25) is 15.1 Å². The topological polar surface area (TPSA) is 68.1 Å². The van der Waals surface area contributed by atoms with E-state index in [2.05, 4.69) is 16.6 Å². The molecule has 1 aliphatic rings. The van der Waals surface area contributed by atoms with E-state index >= 15 is 0 Å². The molecule has 0 atom stereocenters. The molecular weight excluding hydrogens is 262 g/mol. The van der Waals surface area contributed by atoms with Gasteiger partial charge in [-0.15, -0.1) is 0 Å². The number of thioether (sulfide) groups is 1. The summed E-state index contributed by atoms with van der Waals surface area (Å²) in [6, 6.07) is 1.68. The average molecular weight is 281 g/mol. The Labute approximate surface area is 117 Å². The third-order valence-corrected chi connectivity index (χ3v) is 5.21. The molecule has 0 spiro atoms. The van der Waals surface area contributed by atoms with E-state index in [0.29, 0.717) is 5.69 Å². The highest BCUT2D eigenvalue weighted by atomic mass is 32.2. The highest BCUT2D eigenvalue weighted by Crippen LogP contribution is 2.39. The van der Waals surface area contributed by atoms with E-state index in [1.54, 1.807) is 12.3 Å². The summed E-state index contributed by atoms with van der Waals surface area (Å²) in [5.74, 6) is 0. The average Bonchev–Trinajstić information content (AvgIpc) is 2.46. The number of aromatic nitrogens is 1. The van der Waals surface area contributed by atoms with Gasteiger partial charge in [0, 0.05) is 17.5 Å². The van der Waals surface area contributed by atoms with Crippen molar-refractivity contribution in [2.45, 2.75) is 36.9 Å². The van der Waals surface area contributed by atoms with Gasteiger partial charge in [0.05, 0.1) is 4.92 Å². The predicted molar refractivity (Wildman–Crippen MR) is 78.7 cm³/mol. The van der Waals surface area contributed by atoms with Crippen molar-refractivity contribution in [3.63, 3.8) is 0 Å². The molecule has 1 saturated carbocycles. The van der Waals surface area contributed by atoms with E-state index in [4.69, 9.17) is 0 Å². The number of rotatable bonds is 5. The highest BCUT2D eigenvalue weighted by molar-refractivity contribution is 8.00. The summed E-state index contributed by atoms with van der Waals surface area (Å²) in [4.78, 5) is 14.4. The monoisotopic (exact) mass is 281 g/mol. The number of hydrogen-bond acceptors (Lipinski definition) is 5. The summed E-state index contributed by atoms with van der Waals surface area (Å²) in [6.07, 6.45) is 11.2. The molecule has 1 aromatic rings. The number of nitro groups is 1. The Bertz CT molecular complexity index is 447. The lowest BCUT2D eigenvalue weighted by Crippen LogP contribution is -2.35. The Kier molecular flexibility index (Phi) is 4.63. The van der Waals surface area contributed by atoms with Crippen LogP contribution in [-0.4, -0.2) is 27.5 Å². The lowest BCUT2D eigenvalue weighted by atomic mass is 9.88. The first-order chi connectivity index (χ1) is 9.17. The normalized spacial score (nSPS) is 17.9. The third kappa shape index (κ3) is 3.37. The Morgan fingerprint density at radius 1 is 1.47 bits per heavy atom. The molecule has 0 aliphatic heterocycles. The molecule has 1 fully saturated rings. The first kappa shape index (κ1) is 14.1. The Hall–Kier alpha value is -1.30.